The highest BCUT2D eigenvalue weighted by molar-refractivity contribution is 5.23. The summed E-state index contributed by atoms with van der Waals surface area (Å²) in [5.74, 6) is -3.58. The van der Waals surface area contributed by atoms with E-state index >= 15 is 0 Å². The normalized spacial score (nSPS) is 25.5. The fourth-order valence-electron chi connectivity index (χ4n) is 2.92. The van der Waals surface area contributed by atoms with Crippen molar-refractivity contribution in [1.29, 1.82) is 0 Å². The first kappa shape index (κ1) is 15.2. The average Bonchev–Trinajstić information content (AvgIpc) is 2.37. The fraction of sp³-hybridized carbons (Fsp3) is 0.571. The van der Waals surface area contributed by atoms with Crippen LogP contribution in [0, 0.1) is 23.5 Å². The van der Waals surface area contributed by atoms with Crippen molar-refractivity contribution < 1.29 is 22.0 Å². The average molecular weight is 293 g/mol. The highest BCUT2D eigenvalue weighted by atomic mass is 19.4. The van der Waals surface area contributed by atoms with E-state index in [0.717, 1.165) is 12.1 Å². The largest absolute Gasteiger partial charge is 0.391 e. The summed E-state index contributed by atoms with van der Waals surface area (Å²) in [6.45, 7) is 0. The third kappa shape index (κ3) is 3.11. The summed E-state index contributed by atoms with van der Waals surface area (Å²) in [7, 11) is 0. The molecule has 1 aliphatic carbocycles. The Bertz CT molecular complexity index is 451. The summed E-state index contributed by atoms with van der Waals surface area (Å²) in [6, 6.07) is 2.31. The first-order valence-corrected chi connectivity index (χ1v) is 6.57. The molecule has 0 radical (unpaired) electrons. The van der Waals surface area contributed by atoms with Gasteiger partial charge in [-0.05, 0) is 37.3 Å². The third-order valence-corrected chi connectivity index (χ3v) is 4.02. The maximum atomic E-state index is 13.6. The van der Waals surface area contributed by atoms with Crippen LogP contribution in [-0.2, 0) is 0 Å². The molecule has 0 amide bonds. The molecule has 112 valence electrons. The number of halogens is 5. The van der Waals surface area contributed by atoms with Crippen LogP contribution in [0.3, 0.4) is 0 Å². The smallest absolute Gasteiger partial charge is 0.324 e. The minimum atomic E-state index is -4.27. The SMILES string of the molecule is NC(c1c(F)cccc1F)C1CCCC(C(F)(F)F)C1. The molecule has 1 aliphatic rings. The number of hydrogen-bond donors (Lipinski definition) is 1. The molecule has 2 rings (SSSR count). The summed E-state index contributed by atoms with van der Waals surface area (Å²) in [4.78, 5) is 0. The van der Waals surface area contributed by atoms with Gasteiger partial charge in [-0.1, -0.05) is 12.5 Å². The maximum Gasteiger partial charge on any atom is 0.391 e. The predicted molar refractivity (Wildman–Crippen MR) is 64.8 cm³/mol. The lowest BCUT2D eigenvalue weighted by atomic mass is 9.76. The summed E-state index contributed by atoms with van der Waals surface area (Å²) < 4.78 is 65.5. The van der Waals surface area contributed by atoms with Crippen LogP contribution in [0.25, 0.3) is 0 Å². The van der Waals surface area contributed by atoms with Gasteiger partial charge in [-0.15, -0.1) is 0 Å². The maximum absolute atomic E-state index is 13.6. The molecule has 0 bridgehead atoms. The molecule has 0 aliphatic heterocycles. The zero-order chi connectivity index (χ0) is 14.9. The standard InChI is InChI=1S/C14H16F5N/c15-10-5-2-6-11(16)12(10)13(20)8-3-1-4-9(7-8)14(17,18)19/h2,5-6,8-9,13H,1,3-4,7,20H2. The van der Waals surface area contributed by atoms with E-state index in [0.29, 0.717) is 12.8 Å². The lowest BCUT2D eigenvalue weighted by Crippen LogP contribution is -2.34. The van der Waals surface area contributed by atoms with Crippen LogP contribution in [0.2, 0.25) is 0 Å². The fourth-order valence-corrected chi connectivity index (χ4v) is 2.92. The van der Waals surface area contributed by atoms with E-state index in [-0.39, 0.29) is 18.4 Å². The van der Waals surface area contributed by atoms with Crippen molar-refractivity contribution >= 4 is 0 Å². The molecule has 6 heteroatoms. The number of nitrogens with two attached hydrogens (primary N) is 1. The Kier molecular flexibility index (Phi) is 4.32. The topological polar surface area (TPSA) is 26.0 Å². The number of rotatable bonds is 2. The number of hydrogen-bond acceptors (Lipinski definition) is 1. The van der Waals surface area contributed by atoms with Crippen molar-refractivity contribution in [3.63, 3.8) is 0 Å². The summed E-state index contributed by atoms with van der Waals surface area (Å²) in [5, 5.41) is 0. The first-order chi connectivity index (χ1) is 9.30. The van der Waals surface area contributed by atoms with Gasteiger partial charge in [0.1, 0.15) is 11.6 Å². The molecule has 1 aromatic rings. The van der Waals surface area contributed by atoms with Crippen molar-refractivity contribution in [3.05, 3.63) is 35.4 Å². The molecule has 0 aromatic heterocycles. The highest BCUT2D eigenvalue weighted by Gasteiger charge is 2.43. The first-order valence-electron chi connectivity index (χ1n) is 6.57. The van der Waals surface area contributed by atoms with Gasteiger partial charge in [-0.25, -0.2) is 8.78 Å². The van der Waals surface area contributed by atoms with Gasteiger partial charge in [0.05, 0.1) is 5.92 Å². The van der Waals surface area contributed by atoms with Crippen molar-refractivity contribution in [1.82, 2.24) is 0 Å². The van der Waals surface area contributed by atoms with E-state index < -0.39 is 35.7 Å². The van der Waals surface area contributed by atoms with Gasteiger partial charge >= 0.3 is 6.18 Å². The second kappa shape index (κ2) is 5.68. The number of benzene rings is 1. The second-order valence-electron chi connectivity index (χ2n) is 5.33. The molecule has 1 fully saturated rings. The Morgan fingerprint density at radius 1 is 1.10 bits per heavy atom. The summed E-state index contributed by atoms with van der Waals surface area (Å²) in [5.41, 5.74) is 5.52. The van der Waals surface area contributed by atoms with Gasteiger partial charge in [0.2, 0.25) is 0 Å². The van der Waals surface area contributed by atoms with Crippen LogP contribution in [-0.4, -0.2) is 6.18 Å². The van der Waals surface area contributed by atoms with Gasteiger partial charge < -0.3 is 5.73 Å². The summed E-state index contributed by atoms with van der Waals surface area (Å²) >= 11 is 0. The Labute approximate surface area is 114 Å². The Morgan fingerprint density at radius 2 is 1.70 bits per heavy atom. The van der Waals surface area contributed by atoms with E-state index in [2.05, 4.69) is 0 Å². The zero-order valence-corrected chi connectivity index (χ0v) is 10.8. The summed E-state index contributed by atoms with van der Waals surface area (Å²) in [6.07, 6.45) is -3.54. The van der Waals surface area contributed by atoms with Gasteiger partial charge in [-0.3, -0.25) is 0 Å². The van der Waals surface area contributed by atoms with Crippen LogP contribution in [0.15, 0.2) is 18.2 Å². The van der Waals surface area contributed by atoms with Crippen LogP contribution < -0.4 is 5.73 Å². The molecule has 1 aromatic carbocycles. The third-order valence-electron chi connectivity index (χ3n) is 4.02. The molecule has 0 saturated heterocycles. The number of alkyl halides is 3. The Balaban J connectivity index is 2.19. The molecule has 2 N–H and O–H groups in total. The minimum absolute atomic E-state index is 0.0620. The Morgan fingerprint density at radius 3 is 2.25 bits per heavy atom. The molecule has 0 heterocycles. The molecule has 0 spiro atoms. The highest BCUT2D eigenvalue weighted by Crippen LogP contribution is 2.43. The quantitative estimate of drug-likeness (QED) is 0.807. The molecule has 1 saturated carbocycles. The lowest BCUT2D eigenvalue weighted by molar-refractivity contribution is -0.186. The van der Waals surface area contributed by atoms with E-state index in [1.807, 2.05) is 0 Å². The van der Waals surface area contributed by atoms with Crippen molar-refractivity contribution in [3.8, 4) is 0 Å². The van der Waals surface area contributed by atoms with Crippen molar-refractivity contribution in [2.24, 2.45) is 17.6 Å². The van der Waals surface area contributed by atoms with Crippen molar-refractivity contribution in [2.75, 3.05) is 0 Å². The molecule has 3 atom stereocenters. The van der Waals surface area contributed by atoms with E-state index in [9.17, 15) is 22.0 Å². The lowest BCUT2D eigenvalue weighted by Gasteiger charge is -2.34. The molecule has 1 nitrogen and oxygen atoms in total. The van der Waals surface area contributed by atoms with Gasteiger partial charge in [0.15, 0.2) is 0 Å². The van der Waals surface area contributed by atoms with Crippen LogP contribution >= 0.6 is 0 Å². The van der Waals surface area contributed by atoms with E-state index in [1.165, 1.54) is 6.07 Å². The monoisotopic (exact) mass is 293 g/mol. The minimum Gasteiger partial charge on any atom is -0.324 e. The van der Waals surface area contributed by atoms with Crippen LogP contribution in [0.1, 0.15) is 37.3 Å². The van der Waals surface area contributed by atoms with E-state index in [4.69, 9.17) is 5.73 Å². The molecular formula is C14H16F5N. The molecular weight excluding hydrogens is 277 g/mol. The second-order valence-corrected chi connectivity index (χ2v) is 5.33. The Hall–Kier alpha value is -1.17. The van der Waals surface area contributed by atoms with Crippen LogP contribution in [0.4, 0.5) is 22.0 Å². The van der Waals surface area contributed by atoms with Crippen LogP contribution in [0.5, 0.6) is 0 Å². The molecule has 20 heavy (non-hydrogen) atoms. The van der Waals surface area contributed by atoms with Crippen molar-refractivity contribution in [2.45, 2.75) is 37.9 Å². The zero-order valence-electron chi connectivity index (χ0n) is 10.8. The predicted octanol–water partition coefficient (Wildman–Crippen LogP) is 4.33. The van der Waals surface area contributed by atoms with Gasteiger partial charge in [0, 0.05) is 11.6 Å². The van der Waals surface area contributed by atoms with Gasteiger partial charge in [0.25, 0.3) is 0 Å². The molecule has 3 unspecified atom stereocenters. The van der Waals surface area contributed by atoms with Gasteiger partial charge in [-0.2, -0.15) is 13.2 Å². The van der Waals surface area contributed by atoms with E-state index in [1.54, 1.807) is 0 Å².